The van der Waals surface area contributed by atoms with Gasteiger partial charge in [-0.1, -0.05) is 68.0 Å². The van der Waals surface area contributed by atoms with E-state index in [1.54, 1.807) is 26.4 Å². The molecule has 0 amide bonds. The number of aromatic carboxylic acids is 1. The van der Waals surface area contributed by atoms with Crippen molar-refractivity contribution in [2.24, 2.45) is 0 Å². The summed E-state index contributed by atoms with van der Waals surface area (Å²) in [7, 11) is 3.25. The van der Waals surface area contributed by atoms with Crippen LogP contribution in [0.3, 0.4) is 0 Å². The number of hydrogen-bond acceptors (Lipinski definition) is 5. The fraction of sp³-hybridized carbons (Fsp3) is 0.370. The molecular formula is C27H33N3O4. The Balaban J connectivity index is 1.92. The monoisotopic (exact) mass is 463 g/mol. The Hall–Kier alpha value is -3.29. The molecule has 0 fully saturated rings. The van der Waals surface area contributed by atoms with E-state index in [4.69, 9.17) is 19.6 Å². The molecule has 1 heterocycles. The van der Waals surface area contributed by atoms with Gasteiger partial charge in [0.05, 0.1) is 12.1 Å². The molecule has 0 radical (unpaired) electrons. The van der Waals surface area contributed by atoms with Gasteiger partial charge in [0, 0.05) is 27.1 Å². The molecule has 0 unspecified atom stereocenters. The van der Waals surface area contributed by atoms with Gasteiger partial charge in [-0.25, -0.2) is 14.5 Å². The Morgan fingerprint density at radius 2 is 1.82 bits per heavy atom. The van der Waals surface area contributed by atoms with E-state index in [9.17, 15) is 9.90 Å². The maximum atomic E-state index is 11.6. The highest BCUT2D eigenvalue weighted by Gasteiger charge is 2.37. The normalized spacial score (nSPS) is 11.9. The summed E-state index contributed by atoms with van der Waals surface area (Å²) in [6, 6.07) is 14.9. The molecule has 3 aromatic rings. The topological polar surface area (TPSA) is 86.5 Å². The summed E-state index contributed by atoms with van der Waals surface area (Å²) >= 11 is 0. The zero-order chi connectivity index (χ0) is 24.6. The molecule has 7 heteroatoms. The standard InChI is InChI=1S/C27H33N3O4/c1-5-7-13-24-28-26(27(33-3,34-4)18-8-6-2)29-30(24)19-20-14-16-21(17-15-20)22-11-9-10-12-23(22)25(31)32/h5,7,9-12,14-17H,6,8,13,18-19H2,1-4H3,(H,31,32). The van der Waals surface area contributed by atoms with Crippen LogP contribution in [0.2, 0.25) is 0 Å². The van der Waals surface area contributed by atoms with Crippen LogP contribution in [0.4, 0.5) is 0 Å². The number of nitrogens with zero attached hydrogens (tertiary/aromatic N) is 3. The van der Waals surface area contributed by atoms with Crippen LogP contribution in [-0.2, 0) is 28.2 Å². The quantitative estimate of drug-likeness (QED) is 0.284. The first kappa shape index (κ1) is 25.3. The average Bonchev–Trinajstić information content (AvgIpc) is 3.27. The number of carbonyl (C=O) groups is 1. The van der Waals surface area contributed by atoms with Crippen LogP contribution in [0.25, 0.3) is 11.1 Å². The molecule has 0 saturated heterocycles. The summed E-state index contributed by atoms with van der Waals surface area (Å²) in [6.07, 6.45) is 7.29. The van der Waals surface area contributed by atoms with Gasteiger partial charge < -0.3 is 14.6 Å². The molecular weight excluding hydrogens is 430 g/mol. The van der Waals surface area contributed by atoms with Gasteiger partial charge in [0.25, 0.3) is 0 Å². The third kappa shape index (κ3) is 5.61. The van der Waals surface area contributed by atoms with Crippen molar-refractivity contribution >= 4 is 5.97 Å². The molecule has 34 heavy (non-hydrogen) atoms. The molecule has 0 saturated carbocycles. The van der Waals surface area contributed by atoms with Gasteiger partial charge in [0.15, 0.2) is 0 Å². The molecule has 0 spiro atoms. The molecule has 0 atom stereocenters. The van der Waals surface area contributed by atoms with Crippen molar-refractivity contribution in [2.45, 2.75) is 51.9 Å². The predicted octanol–water partition coefficient (Wildman–Crippen LogP) is 5.45. The van der Waals surface area contributed by atoms with E-state index >= 15 is 0 Å². The summed E-state index contributed by atoms with van der Waals surface area (Å²) in [5.74, 6) is -0.566. The summed E-state index contributed by atoms with van der Waals surface area (Å²) < 4.78 is 13.4. The van der Waals surface area contributed by atoms with Crippen LogP contribution in [0, 0.1) is 0 Å². The average molecular weight is 464 g/mol. The van der Waals surface area contributed by atoms with Crippen LogP contribution in [0.15, 0.2) is 60.7 Å². The largest absolute Gasteiger partial charge is 0.478 e. The lowest BCUT2D eigenvalue weighted by Gasteiger charge is -2.27. The first-order chi connectivity index (χ1) is 16.5. The maximum absolute atomic E-state index is 11.6. The zero-order valence-electron chi connectivity index (χ0n) is 20.3. The van der Waals surface area contributed by atoms with Crippen LogP contribution in [0.5, 0.6) is 0 Å². The molecule has 2 aromatic carbocycles. The Labute approximate surface area is 201 Å². The van der Waals surface area contributed by atoms with E-state index in [-0.39, 0.29) is 5.56 Å². The van der Waals surface area contributed by atoms with Crippen molar-refractivity contribution in [3.63, 3.8) is 0 Å². The highest BCUT2D eigenvalue weighted by atomic mass is 16.7. The number of allylic oxidation sites excluding steroid dienone is 2. The minimum Gasteiger partial charge on any atom is -0.478 e. The van der Waals surface area contributed by atoms with Crippen molar-refractivity contribution in [1.29, 1.82) is 0 Å². The summed E-state index contributed by atoms with van der Waals surface area (Å²) in [4.78, 5) is 16.4. The van der Waals surface area contributed by atoms with Gasteiger partial charge in [-0.3, -0.25) is 0 Å². The van der Waals surface area contributed by atoms with Crippen molar-refractivity contribution in [2.75, 3.05) is 14.2 Å². The number of methoxy groups -OCH3 is 2. The second-order valence-corrected chi connectivity index (χ2v) is 8.09. The Kier molecular flexibility index (Phi) is 8.73. The van der Waals surface area contributed by atoms with Gasteiger partial charge in [0.2, 0.25) is 11.6 Å². The molecule has 7 nitrogen and oxygen atoms in total. The number of unbranched alkanes of at least 4 members (excludes halogenated alkanes) is 1. The number of ether oxygens (including phenoxy) is 2. The van der Waals surface area contributed by atoms with E-state index in [2.05, 4.69) is 6.92 Å². The number of benzene rings is 2. The second kappa shape index (κ2) is 11.7. The van der Waals surface area contributed by atoms with Gasteiger partial charge in [0.1, 0.15) is 5.82 Å². The fourth-order valence-corrected chi connectivity index (χ4v) is 3.91. The summed E-state index contributed by atoms with van der Waals surface area (Å²) in [6.45, 7) is 4.63. The van der Waals surface area contributed by atoms with E-state index in [1.807, 2.05) is 60.2 Å². The highest BCUT2D eigenvalue weighted by molar-refractivity contribution is 5.95. The number of carboxylic acids is 1. The van der Waals surface area contributed by atoms with Crippen LogP contribution < -0.4 is 0 Å². The lowest BCUT2D eigenvalue weighted by Crippen LogP contribution is -2.32. The molecule has 180 valence electrons. The number of hydrogen-bond donors (Lipinski definition) is 1. The highest BCUT2D eigenvalue weighted by Crippen LogP contribution is 2.30. The van der Waals surface area contributed by atoms with Gasteiger partial charge >= 0.3 is 5.97 Å². The van der Waals surface area contributed by atoms with Crippen LogP contribution >= 0.6 is 0 Å². The van der Waals surface area contributed by atoms with Gasteiger partial charge in [-0.15, -0.1) is 5.10 Å². The lowest BCUT2D eigenvalue weighted by atomic mass is 9.99. The lowest BCUT2D eigenvalue weighted by molar-refractivity contribution is -0.226. The smallest absolute Gasteiger partial charge is 0.336 e. The SMILES string of the molecule is CC=CCc1nc(C(CCCC)(OC)OC)nn1Cc1ccc(-c2ccccc2C(=O)O)cc1. The molecule has 3 rings (SSSR count). The second-order valence-electron chi connectivity index (χ2n) is 8.09. The van der Waals surface area contributed by atoms with E-state index in [1.165, 1.54) is 0 Å². The fourth-order valence-electron chi connectivity index (χ4n) is 3.91. The summed E-state index contributed by atoms with van der Waals surface area (Å²) in [5.41, 5.74) is 2.86. The van der Waals surface area contributed by atoms with E-state index in [0.29, 0.717) is 30.8 Å². The van der Waals surface area contributed by atoms with Crippen molar-refractivity contribution < 1.29 is 19.4 Å². The molecule has 0 aliphatic rings. The maximum Gasteiger partial charge on any atom is 0.336 e. The van der Waals surface area contributed by atoms with Crippen LogP contribution in [-0.4, -0.2) is 40.1 Å². The Bertz CT molecular complexity index is 1120. The minimum absolute atomic E-state index is 0.285. The molecule has 0 bridgehead atoms. The van der Waals surface area contributed by atoms with Gasteiger partial charge in [-0.2, -0.15) is 0 Å². The molecule has 0 aliphatic heterocycles. The molecule has 1 aromatic heterocycles. The van der Waals surface area contributed by atoms with E-state index in [0.717, 1.165) is 29.8 Å². The van der Waals surface area contributed by atoms with Gasteiger partial charge in [-0.05, 0) is 36.1 Å². The third-order valence-corrected chi connectivity index (χ3v) is 5.90. The Morgan fingerprint density at radius 1 is 1.12 bits per heavy atom. The molecule has 0 aliphatic carbocycles. The minimum atomic E-state index is -0.976. The van der Waals surface area contributed by atoms with Crippen molar-refractivity contribution in [3.8, 4) is 11.1 Å². The van der Waals surface area contributed by atoms with Crippen molar-refractivity contribution in [1.82, 2.24) is 14.8 Å². The predicted molar refractivity (Wildman–Crippen MR) is 132 cm³/mol. The Morgan fingerprint density at radius 3 is 2.44 bits per heavy atom. The van der Waals surface area contributed by atoms with Crippen molar-refractivity contribution in [3.05, 3.63) is 83.5 Å². The first-order valence-corrected chi connectivity index (χ1v) is 11.5. The van der Waals surface area contributed by atoms with E-state index < -0.39 is 11.8 Å². The van der Waals surface area contributed by atoms with Crippen LogP contribution in [0.1, 0.15) is 60.7 Å². The molecule has 1 N–H and O–H groups in total. The first-order valence-electron chi connectivity index (χ1n) is 11.5. The third-order valence-electron chi connectivity index (χ3n) is 5.90. The number of carboxylic acid groups (broad SMARTS) is 1. The number of aromatic nitrogens is 3. The summed E-state index contributed by atoms with van der Waals surface area (Å²) in [5, 5.41) is 14.3. The zero-order valence-corrected chi connectivity index (χ0v) is 20.3. The number of rotatable bonds is 12.